The SMILES string of the molecule is CNC(=O)c1ccc(OC)c(Nc2ncnc3c2cnn3-c2ccccc2)c1. The second kappa shape index (κ2) is 7.36. The van der Waals surface area contributed by atoms with Gasteiger partial charge < -0.3 is 15.4 Å². The monoisotopic (exact) mass is 374 g/mol. The van der Waals surface area contributed by atoms with Crippen molar-refractivity contribution in [2.75, 3.05) is 19.5 Å². The van der Waals surface area contributed by atoms with Gasteiger partial charge in [0.1, 0.15) is 17.9 Å². The smallest absolute Gasteiger partial charge is 0.251 e. The molecule has 0 fully saturated rings. The van der Waals surface area contributed by atoms with Gasteiger partial charge in [0.15, 0.2) is 5.65 Å². The second-order valence-electron chi connectivity index (χ2n) is 5.97. The molecular weight excluding hydrogens is 356 g/mol. The van der Waals surface area contributed by atoms with Crippen LogP contribution in [-0.4, -0.2) is 39.8 Å². The van der Waals surface area contributed by atoms with Gasteiger partial charge >= 0.3 is 0 Å². The minimum atomic E-state index is -0.185. The minimum absolute atomic E-state index is 0.185. The number of carbonyl (C=O) groups is 1. The Morgan fingerprint density at radius 1 is 1.11 bits per heavy atom. The van der Waals surface area contributed by atoms with Crippen LogP contribution in [-0.2, 0) is 0 Å². The van der Waals surface area contributed by atoms with E-state index in [0.29, 0.717) is 28.5 Å². The van der Waals surface area contributed by atoms with Crippen LogP contribution >= 0.6 is 0 Å². The number of fused-ring (bicyclic) bond motifs is 1. The summed E-state index contributed by atoms with van der Waals surface area (Å²) in [4.78, 5) is 20.7. The molecule has 2 aromatic carbocycles. The van der Waals surface area contributed by atoms with E-state index in [2.05, 4.69) is 25.7 Å². The molecule has 0 bridgehead atoms. The van der Waals surface area contributed by atoms with E-state index in [1.165, 1.54) is 6.33 Å². The van der Waals surface area contributed by atoms with Crippen LogP contribution in [0, 0.1) is 0 Å². The van der Waals surface area contributed by atoms with Crippen molar-refractivity contribution < 1.29 is 9.53 Å². The second-order valence-corrected chi connectivity index (χ2v) is 5.97. The lowest BCUT2D eigenvalue weighted by atomic mass is 10.1. The zero-order valence-corrected chi connectivity index (χ0v) is 15.4. The highest BCUT2D eigenvalue weighted by Crippen LogP contribution is 2.31. The molecule has 4 rings (SSSR count). The summed E-state index contributed by atoms with van der Waals surface area (Å²) in [6.45, 7) is 0. The first-order valence-electron chi connectivity index (χ1n) is 8.62. The van der Waals surface area contributed by atoms with Gasteiger partial charge in [-0.1, -0.05) is 18.2 Å². The van der Waals surface area contributed by atoms with Gasteiger partial charge in [-0.25, -0.2) is 14.6 Å². The summed E-state index contributed by atoms with van der Waals surface area (Å²) in [7, 11) is 3.16. The number of nitrogens with one attached hydrogen (secondary N) is 2. The number of anilines is 2. The van der Waals surface area contributed by atoms with Crippen LogP contribution in [0.15, 0.2) is 61.1 Å². The van der Waals surface area contributed by atoms with Gasteiger partial charge in [-0.3, -0.25) is 4.79 Å². The third-order valence-electron chi connectivity index (χ3n) is 4.31. The maximum atomic E-state index is 12.0. The lowest BCUT2D eigenvalue weighted by Crippen LogP contribution is -2.17. The molecule has 8 nitrogen and oxygen atoms in total. The number of para-hydroxylation sites is 1. The van der Waals surface area contributed by atoms with Gasteiger partial charge in [-0.05, 0) is 30.3 Å². The first kappa shape index (κ1) is 17.5. The highest BCUT2D eigenvalue weighted by molar-refractivity contribution is 5.96. The Bertz CT molecular complexity index is 1140. The lowest BCUT2D eigenvalue weighted by molar-refractivity contribution is 0.0963. The molecule has 0 radical (unpaired) electrons. The van der Waals surface area contributed by atoms with Gasteiger partial charge in [0.2, 0.25) is 0 Å². The van der Waals surface area contributed by atoms with Gasteiger partial charge in [-0.15, -0.1) is 0 Å². The van der Waals surface area contributed by atoms with E-state index in [0.717, 1.165) is 11.1 Å². The van der Waals surface area contributed by atoms with Crippen LogP contribution in [0.2, 0.25) is 0 Å². The van der Waals surface area contributed by atoms with Crippen molar-refractivity contribution in [3.8, 4) is 11.4 Å². The maximum Gasteiger partial charge on any atom is 0.251 e. The molecule has 2 heterocycles. The van der Waals surface area contributed by atoms with Crippen LogP contribution in [0.1, 0.15) is 10.4 Å². The first-order valence-corrected chi connectivity index (χ1v) is 8.62. The topological polar surface area (TPSA) is 94.0 Å². The number of rotatable bonds is 5. The number of hydrogen-bond acceptors (Lipinski definition) is 6. The van der Waals surface area contributed by atoms with E-state index < -0.39 is 0 Å². The molecule has 0 aliphatic carbocycles. The van der Waals surface area contributed by atoms with Crippen LogP contribution in [0.3, 0.4) is 0 Å². The van der Waals surface area contributed by atoms with Crippen molar-refractivity contribution in [1.29, 1.82) is 0 Å². The van der Waals surface area contributed by atoms with Crippen LogP contribution < -0.4 is 15.4 Å². The molecule has 0 atom stereocenters. The summed E-state index contributed by atoms with van der Waals surface area (Å²) in [6, 6.07) is 14.9. The molecular formula is C20H18N6O2. The molecule has 0 aliphatic rings. The minimum Gasteiger partial charge on any atom is -0.495 e. The molecule has 28 heavy (non-hydrogen) atoms. The number of carbonyl (C=O) groups excluding carboxylic acids is 1. The molecule has 140 valence electrons. The largest absolute Gasteiger partial charge is 0.495 e. The average Bonchev–Trinajstić information content (AvgIpc) is 3.19. The average molecular weight is 374 g/mol. The third kappa shape index (κ3) is 3.11. The zero-order valence-electron chi connectivity index (χ0n) is 15.4. The Labute approximate surface area is 161 Å². The van der Waals surface area contributed by atoms with Crippen molar-refractivity contribution in [2.45, 2.75) is 0 Å². The van der Waals surface area contributed by atoms with Crippen LogP contribution in [0.4, 0.5) is 11.5 Å². The van der Waals surface area contributed by atoms with Crippen molar-refractivity contribution >= 4 is 28.4 Å². The van der Waals surface area contributed by atoms with E-state index in [4.69, 9.17) is 4.74 Å². The molecule has 2 aromatic heterocycles. The molecule has 8 heteroatoms. The highest BCUT2D eigenvalue weighted by Gasteiger charge is 2.14. The Hall–Kier alpha value is -3.94. The fourth-order valence-corrected chi connectivity index (χ4v) is 2.92. The summed E-state index contributed by atoms with van der Waals surface area (Å²) in [5.74, 6) is 0.977. The van der Waals surface area contributed by atoms with Crippen molar-refractivity contribution in [1.82, 2.24) is 25.1 Å². The number of nitrogens with zero attached hydrogens (tertiary/aromatic N) is 4. The normalized spacial score (nSPS) is 10.6. The number of methoxy groups -OCH3 is 1. The predicted molar refractivity (Wildman–Crippen MR) is 106 cm³/mol. The summed E-state index contributed by atoms with van der Waals surface area (Å²) in [6.07, 6.45) is 3.18. The Balaban J connectivity index is 1.77. The predicted octanol–water partition coefficient (Wildman–Crippen LogP) is 2.93. The molecule has 0 unspecified atom stereocenters. The van der Waals surface area contributed by atoms with E-state index in [1.807, 2.05) is 30.3 Å². The Morgan fingerprint density at radius 3 is 2.68 bits per heavy atom. The van der Waals surface area contributed by atoms with Crippen molar-refractivity contribution in [3.63, 3.8) is 0 Å². The molecule has 4 aromatic rings. The molecule has 0 aliphatic heterocycles. The fraction of sp³-hybridized carbons (Fsp3) is 0.100. The Kier molecular flexibility index (Phi) is 4.59. The van der Waals surface area contributed by atoms with E-state index in [-0.39, 0.29) is 5.91 Å². The maximum absolute atomic E-state index is 12.0. The number of amides is 1. The van der Waals surface area contributed by atoms with Gasteiger partial charge in [0.05, 0.1) is 30.1 Å². The number of aromatic nitrogens is 4. The van der Waals surface area contributed by atoms with Gasteiger partial charge in [0.25, 0.3) is 5.91 Å². The van der Waals surface area contributed by atoms with Crippen molar-refractivity contribution in [2.24, 2.45) is 0 Å². The van der Waals surface area contributed by atoms with Crippen LogP contribution in [0.5, 0.6) is 5.75 Å². The summed E-state index contributed by atoms with van der Waals surface area (Å²) >= 11 is 0. The van der Waals surface area contributed by atoms with Gasteiger partial charge in [0, 0.05) is 12.6 Å². The quantitative estimate of drug-likeness (QED) is 0.558. The van der Waals surface area contributed by atoms with E-state index in [9.17, 15) is 4.79 Å². The summed E-state index contributed by atoms with van der Waals surface area (Å²) < 4.78 is 7.16. The van der Waals surface area contributed by atoms with Crippen LogP contribution in [0.25, 0.3) is 16.7 Å². The molecule has 0 saturated carbocycles. The van der Waals surface area contributed by atoms with E-state index >= 15 is 0 Å². The van der Waals surface area contributed by atoms with Crippen molar-refractivity contribution in [3.05, 3.63) is 66.6 Å². The fourth-order valence-electron chi connectivity index (χ4n) is 2.92. The molecule has 0 saturated heterocycles. The number of hydrogen-bond donors (Lipinski definition) is 2. The van der Waals surface area contributed by atoms with E-state index in [1.54, 1.807) is 43.2 Å². The summed E-state index contributed by atoms with van der Waals surface area (Å²) in [5.41, 5.74) is 2.71. The molecule has 0 spiro atoms. The number of ether oxygens (including phenoxy) is 1. The molecule has 2 N–H and O–H groups in total. The molecule has 1 amide bonds. The van der Waals surface area contributed by atoms with Gasteiger partial charge in [-0.2, -0.15) is 5.10 Å². The number of benzene rings is 2. The lowest BCUT2D eigenvalue weighted by Gasteiger charge is -2.12. The standard InChI is InChI=1S/C20H18N6O2/c1-21-20(27)13-8-9-17(28-2)16(10-13)25-18-15-11-24-26(19(15)23-12-22-18)14-6-4-3-5-7-14/h3-12H,1-2H3,(H,21,27)(H,22,23,25). The zero-order chi connectivity index (χ0) is 19.5. The third-order valence-corrected chi connectivity index (χ3v) is 4.31. The highest BCUT2D eigenvalue weighted by atomic mass is 16.5. The first-order chi connectivity index (χ1) is 13.7. The summed E-state index contributed by atoms with van der Waals surface area (Å²) in [5, 5.41) is 11.1. The Morgan fingerprint density at radius 2 is 1.93 bits per heavy atom.